The van der Waals surface area contributed by atoms with Crippen molar-refractivity contribution in [3.8, 4) is 0 Å². The molecular weight excluding hydrogens is 273 g/mol. The molecule has 1 saturated heterocycles. The van der Waals surface area contributed by atoms with Crippen LogP contribution < -0.4 is 0 Å². The Morgan fingerprint density at radius 1 is 0.952 bits per heavy atom. The van der Waals surface area contributed by atoms with E-state index in [9.17, 15) is 8.78 Å². The van der Waals surface area contributed by atoms with Crippen molar-refractivity contribution in [2.45, 2.75) is 96.6 Å². The second kappa shape index (κ2) is 5.49. The van der Waals surface area contributed by atoms with Crippen LogP contribution in [0.4, 0.5) is 8.78 Å². The van der Waals surface area contributed by atoms with Gasteiger partial charge in [-0.1, -0.05) is 32.6 Å². The van der Waals surface area contributed by atoms with E-state index in [1.165, 1.54) is 0 Å². The monoisotopic (exact) mass is 302 g/mol. The molecular formula is C16H29BF2O2. The Kier molecular flexibility index (Phi) is 4.49. The molecule has 1 aliphatic carbocycles. The van der Waals surface area contributed by atoms with E-state index >= 15 is 0 Å². The second-order valence-corrected chi connectivity index (χ2v) is 7.86. The average Bonchev–Trinajstić information content (AvgIpc) is 2.76. The zero-order valence-electron chi connectivity index (χ0n) is 14.1. The Balaban J connectivity index is 1.93. The molecule has 2 fully saturated rings. The zero-order valence-corrected chi connectivity index (χ0v) is 14.1. The number of halogens is 2. The van der Waals surface area contributed by atoms with Gasteiger partial charge in [-0.25, -0.2) is 8.78 Å². The lowest BCUT2D eigenvalue weighted by Crippen LogP contribution is -2.41. The van der Waals surface area contributed by atoms with Gasteiger partial charge in [-0.2, -0.15) is 0 Å². The highest BCUT2D eigenvalue weighted by Gasteiger charge is 2.72. The molecule has 0 radical (unpaired) electrons. The first kappa shape index (κ1) is 17.2. The number of alkyl halides is 2. The van der Waals surface area contributed by atoms with Crippen LogP contribution in [-0.2, 0) is 9.31 Å². The fourth-order valence-corrected chi connectivity index (χ4v) is 3.23. The van der Waals surface area contributed by atoms with Gasteiger partial charge in [0.1, 0.15) is 0 Å². The van der Waals surface area contributed by atoms with Gasteiger partial charge in [-0.15, -0.1) is 0 Å². The number of hydrogen-bond donors (Lipinski definition) is 0. The van der Waals surface area contributed by atoms with Gasteiger partial charge in [0.2, 0.25) is 0 Å². The van der Waals surface area contributed by atoms with E-state index in [1.54, 1.807) is 0 Å². The summed E-state index contributed by atoms with van der Waals surface area (Å²) in [5.41, 5.74) is -1.77. The van der Waals surface area contributed by atoms with E-state index in [-0.39, 0.29) is 6.42 Å². The Bertz CT molecular complexity index is 368. The molecule has 1 unspecified atom stereocenters. The van der Waals surface area contributed by atoms with Gasteiger partial charge in [0, 0.05) is 11.8 Å². The summed E-state index contributed by atoms with van der Waals surface area (Å²) in [6.07, 6.45) is 5.07. The fourth-order valence-electron chi connectivity index (χ4n) is 3.23. The van der Waals surface area contributed by atoms with Gasteiger partial charge in [0.15, 0.2) is 0 Å². The minimum absolute atomic E-state index is 0.00377. The standard InChI is InChI=1S/C16H29BF2O2/c1-6-7-8-9-10-15(11-16(15,18)19)12-17-20-13(2,3)14(4,5)21-17/h6-12H2,1-5H3. The number of rotatable bonds is 7. The van der Waals surface area contributed by atoms with E-state index in [0.29, 0.717) is 12.7 Å². The molecule has 0 amide bonds. The summed E-state index contributed by atoms with van der Waals surface area (Å²) in [5.74, 6) is -2.54. The lowest BCUT2D eigenvalue weighted by atomic mass is 9.73. The highest BCUT2D eigenvalue weighted by atomic mass is 19.3. The molecule has 5 heteroatoms. The number of hydrogen-bond acceptors (Lipinski definition) is 2. The van der Waals surface area contributed by atoms with Gasteiger partial charge in [-0.05, 0) is 40.4 Å². The van der Waals surface area contributed by atoms with Gasteiger partial charge in [-0.3, -0.25) is 0 Å². The van der Waals surface area contributed by atoms with Crippen LogP contribution in [0, 0.1) is 5.41 Å². The van der Waals surface area contributed by atoms with Crippen LogP contribution in [0.1, 0.15) is 73.1 Å². The van der Waals surface area contributed by atoms with Crippen LogP contribution in [0.2, 0.25) is 6.32 Å². The lowest BCUT2D eigenvalue weighted by molar-refractivity contribution is 0.00578. The van der Waals surface area contributed by atoms with Gasteiger partial charge in [0.25, 0.3) is 5.92 Å². The van der Waals surface area contributed by atoms with Crippen molar-refractivity contribution in [1.82, 2.24) is 0 Å². The van der Waals surface area contributed by atoms with E-state index in [1.807, 2.05) is 27.7 Å². The lowest BCUT2D eigenvalue weighted by Gasteiger charge is -2.32. The van der Waals surface area contributed by atoms with Gasteiger partial charge < -0.3 is 9.31 Å². The van der Waals surface area contributed by atoms with Crippen molar-refractivity contribution < 1.29 is 18.1 Å². The van der Waals surface area contributed by atoms with Crippen LogP contribution in [0.15, 0.2) is 0 Å². The topological polar surface area (TPSA) is 18.5 Å². The maximum atomic E-state index is 13.9. The first-order valence-corrected chi connectivity index (χ1v) is 8.29. The van der Waals surface area contributed by atoms with Crippen LogP contribution in [-0.4, -0.2) is 24.2 Å². The molecule has 2 nitrogen and oxygen atoms in total. The predicted octanol–water partition coefficient (Wildman–Crippen LogP) is 5.07. The molecule has 0 aromatic rings. The molecule has 0 aromatic carbocycles. The summed E-state index contributed by atoms with van der Waals surface area (Å²) < 4.78 is 39.6. The molecule has 1 heterocycles. The first-order chi connectivity index (χ1) is 9.55. The molecule has 122 valence electrons. The van der Waals surface area contributed by atoms with Gasteiger partial charge in [0.05, 0.1) is 11.2 Å². The van der Waals surface area contributed by atoms with Crippen molar-refractivity contribution in [3.05, 3.63) is 0 Å². The highest BCUT2D eigenvalue weighted by Crippen LogP contribution is 2.66. The summed E-state index contributed by atoms with van der Waals surface area (Å²) in [6.45, 7) is 9.99. The van der Waals surface area contributed by atoms with Gasteiger partial charge >= 0.3 is 7.12 Å². The summed E-state index contributed by atoms with van der Waals surface area (Å²) in [4.78, 5) is 0. The summed E-state index contributed by atoms with van der Waals surface area (Å²) >= 11 is 0. The predicted molar refractivity (Wildman–Crippen MR) is 81.6 cm³/mol. The highest BCUT2D eigenvalue weighted by molar-refractivity contribution is 6.45. The third kappa shape index (κ3) is 3.29. The minimum Gasteiger partial charge on any atom is -0.403 e. The third-order valence-electron chi connectivity index (χ3n) is 5.58. The van der Waals surface area contributed by atoms with E-state index in [0.717, 1.165) is 25.7 Å². The van der Waals surface area contributed by atoms with Crippen LogP contribution in [0.5, 0.6) is 0 Å². The Morgan fingerprint density at radius 3 is 1.90 bits per heavy atom. The Morgan fingerprint density at radius 2 is 1.48 bits per heavy atom. The number of unbranched alkanes of at least 4 members (excludes halogenated alkanes) is 3. The van der Waals surface area contributed by atoms with Crippen LogP contribution in [0.25, 0.3) is 0 Å². The molecule has 1 aliphatic heterocycles. The zero-order chi connectivity index (χ0) is 15.9. The molecule has 1 saturated carbocycles. The van der Waals surface area contributed by atoms with Crippen LogP contribution >= 0.6 is 0 Å². The SMILES string of the molecule is CCCCCCC1(CB2OC(C)(C)C(C)(C)O2)CC1(F)F. The second-order valence-electron chi connectivity index (χ2n) is 7.86. The maximum absolute atomic E-state index is 13.9. The quantitative estimate of drug-likeness (QED) is 0.482. The summed E-state index contributed by atoms with van der Waals surface area (Å²) in [7, 11) is -0.505. The first-order valence-electron chi connectivity index (χ1n) is 8.29. The minimum atomic E-state index is -2.54. The molecule has 2 rings (SSSR count). The fraction of sp³-hybridized carbons (Fsp3) is 1.00. The van der Waals surface area contributed by atoms with E-state index < -0.39 is 29.7 Å². The molecule has 0 bridgehead atoms. The smallest absolute Gasteiger partial charge is 0.403 e. The maximum Gasteiger partial charge on any atom is 0.458 e. The molecule has 0 N–H and O–H groups in total. The Labute approximate surface area is 128 Å². The largest absolute Gasteiger partial charge is 0.458 e. The van der Waals surface area contributed by atoms with Crippen LogP contribution in [0.3, 0.4) is 0 Å². The van der Waals surface area contributed by atoms with E-state index in [2.05, 4.69) is 6.92 Å². The van der Waals surface area contributed by atoms with Crippen molar-refractivity contribution in [1.29, 1.82) is 0 Å². The molecule has 0 aromatic heterocycles. The third-order valence-corrected chi connectivity index (χ3v) is 5.58. The molecule has 1 atom stereocenters. The summed E-state index contributed by atoms with van der Waals surface area (Å²) in [6, 6.07) is 0. The summed E-state index contributed by atoms with van der Waals surface area (Å²) in [5, 5.41) is 0. The van der Waals surface area contributed by atoms with Crippen molar-refractivity contribution in [3.63, 3.8) is 0 Å². The molecule has 0 spiro atoms. The van der Waals surface area contributed by atoms with Crippen molar-refractivity contribution in [2.24, 2.45) is 5.41 Å². The van der Waals surface area contributed by atoms with E-state index in [4.69, 9.17) is 9.31 Å². The normalized spacial score (nSPS) is 32.4. The average molecular weight is 302 g/mol. The molecule has 21 heavy (non-hydrogen) atoms. The van der Waals surface area contributed by atoms with Crippen molar-refractivity contribution >= 4 is 7.12 Å². The molecule has 2 aliphatic rings. The Hall–Kier alpha value is -0.155. The van der Waals surface area contributed by atoms with Crippen molar-refractivity contribution in [2.75, 3.05) is 0 Å².